The first-order valence-corrected chi connectivity index (χ1v) is 7.84. The summed E-state index contributed by atoms with van der Waals surface area (Å²) in [6, 6.07) is 5.82. The van der Waals surface area contributed by atoms with Crippen LogP contribution in [-0.4, -0.2) is 36.2 Å². The highest BCUT2D eigenvalue weighted by molar-refractivity contribution is 9.10. The third-order valence-electron chi connectivity index (χ3n) is 3.74. The summed E-state index contributed by atoms with van der Waals surface area (Å²) in [5.41, 5.74) is 1.44. The summed E-state index contributed by atoms with van der Waals surface area (Å²) in [6.07, 6.45) is 2.03. The first-order chi connectivity index (χ1) is 9.67. The van der Waals surface area contributed by atoms with Crippen LogP contribution in [-0.2, 0) is 0 Å². The molecule has 1 aliphatic heterocycles. The largest absolute Gasteiger partial charge is 0.506 e. The number of halogens is 3. The maximum absolute atomic E-state index is 10.3. The lowest BCUT2D eigenvalue weighted by atomic mass is 9.97. The summed E-state index contributed by atoms with van der Waals surface area (Å²) in [5.74, 6) is 0.265. The minimum absolute atomic E-state index is 0. The average Bonchev–Trinajstić information content (AvgIpc) is 2.48. The third kappa shape index (κ3) is 5.00. The van der Waals surface area contributed by atoms with Crippen LogP contribution in [0.25, 0.3) is 0 Å². The molecule has 0 aliphatic carbocycles. The van der Waals surface area contributed by atoms with Gasteiger partial charge in [-0.25, -0.2) is 0 Å². The molecule has 4 nitrogen and oxygen atoms in total. The van der Waals surface area contributed by atoms with Crippen molar-refractivity contribution in [1.82, 2.24) is 10.2 Å². The second-order valence-electron chi connectivity index (χ2n) is 5.10. The fraction of sp³-hybridized carbons (Fsp3) is 0.533. The van der Waals surface area contributed by atoms with E-state index in [1.807, 2.05) is 6.07 Å². The molecular formula is C15H22BrCl2N3O. The molecule has 0 radical (unpaired) electrons. The SMILES string of the molecule is CCC[C@@H](c1cc(C#N)cc(Br)c1O)N1CCNCC1.Cl.Cl. The molecule has 2 N–H and O–H groups in total. The van der Waals surface area contributed by atoms with Gasteiger partial charge in [-0.3, -0.25) is 4.90 Å². The second-order valence-corrected chi connectivity index (χ2v) is 5.95. The minimum Gasteiger partial charge on any atom is -0.506 e. The summed E-state index contributed by atoms with van der Waals surface area (Å²) in [5, 5.41) is 22.8. The van der Waals surface area contributed by atoms with Gasteiger partial charge in [0.05, 0.1) is 16.1 Å². The van der Waals surface area contributed by atoms with Crippen LogP contribution in [0.2, 0.25) is 0 Å². The van der Waals surface area contributed by atoms with Crippen molar-refractivity contribution >= 4 is 40.7 Å². The normalized spacial score (nSPS) is 16.0. The van der Waals surface area contributed by atoms with E-state index < -0.39 is 0 Å². The molecule has 0 bridgehead atoms. The maximum Gasteiger partial charge on any atom is 0.134 e. The number of rotatable bonds is 4. The van der Waals surface area contributed by atoms with E-state index in [0.29, 0.717) is 10.0 Å². The van der Waals surface area contributed by atoms with Gasteiger partial charge in [0, 0.05) is 37.8 Å². The van der Waals surface area contributed by atoms with Gasteiger partial charge in [0.15, 0.2) is 0 Å². The van der Waals surface area contributed by atoms with Crippen LogP contribution in [0.15, 0.2) is 16.6 Å². The fourth-order valence-electron chi connectivity index (χ4n) is 2.74. The molecule has 2 rings (SSSR count). The number of piperazine rings is 1. The van der Waals surface area contributed by atoms with Crippen LogP contribution in [0.5, 0.6) is 5.75 Å². The molecule has 1 fully saturated rings. The molecule has 1 atom stereocenters. The van der Waals surface area contributed by atoms with E-state index in [2.05, 4.69) is 39.1 Å². The number of nitriles is 1. The lowest BCUT2D eigenvalue weighted by molar-refractivity contribution is 0.162. The highest BCUT2D eigenvalue weighted by Crippen LogP contribution is 2.37. The predicted molar refractivity (Wildman–Crippen MR) is 97.1 cm³/mol. The van der Waals surface area contributed by atoms with Gasteiger partial charge >= 0.3 is 0 Å². The molecule has 1 saturated heterocycles. The van der Waals surface area contributed by atoms with Gasteiger partial charge in [-0.05, 0) is 34.5 Å². The van der Waals surface area contributed by atoms with Gasteiger partial charge in [-0.2, -0.15) is 5.26 Å². The highest BCUT2D eigenvalue weighted by Gasteiger charge is 2.25. The standard InChI is InChI=1S/C15H20BrN3O.2ClH/c1-2-3-14(19-6-4-18-5-7-19)12-8-11(10-17)9-13(16)15(12)20;;/h8-9,14,18,20H,2-7H2,1H3;2*1H/t14-;;/m0../s1. The zero-order valence-corrected chi connectivity index (χ0v) is 15.7. The van der Waals surface area contributed by atoms with Crippen molar-refractivity contribution in [3.8, 4) is 11.8 Å². The lowest BCUT2D eigenvalue weighted by Crippen LogP contribution is -2.45. The van der Waals surface area contributed by atoms with Crippen LogP contribution in [0.3, 0.4) is 0 Å². The number of phenolic OH excluding ortho intramolecular Hbond substituents is 1. The van der Waals surface area contributed by atoms with E-state index in [9.17, 15) is 5.11 Å². The Kier molecular flexibility index (Phi) is 10.1. The van der Waals surface area contributed by atoms with E-state index >= 15 is 0 Å². The molecule has 0 spiro atoms. The summed E-state index contributed by atoms with van der Waals surface area (Å²) in [4.78, 5) is 2.39. The molecule has 1 heterocycles. The van der Waals surface area contributed by atoms with Gasteiger partial charge in [-0.1, -0.05) is 13.3 Å². The third-order valence-corrected chi connectivity index (χ3v) is 4.34. The molecular weight excluding hydrogens is 389 g/mol. The molecule has 124 valence electrons. The Balaban J connectivity index is 0.00000220. The summed E-state index contributed by atoms with van der Waals surface area (Å²) in [6.45, 7) is 6.03. The summed E-state index contributed by atoms with van der Waals surface area (Å²) >= 11 is 3.35. The van der Waals surface area contributed by atoms with E-state index in [-0.39, 0.29) is 36.6 Å². The van der Waals surface area contributed by atoms with Crippen molar-refractivity contribution in [3.63, 3.8) is 0 Å². The lowest BCUT2D eigenvalue weighted by Gasteiger charge is -2.35. The van der Waals surface area contributed by atoms with Crippen molar-refractivity contribution in [3.05, 3.63) is 27.7 Å². The molecule has 1 aromatic rings. The maximum atomic E-state index is 10.3. The first-order valence-electron chi connectivity index (χ1n) is 7.04. The van der Waals surface area contributed by atoms with Gasteiger partial charge in [0.2, 0.25) is 0 Å². The highest BCUT2D eigenvalue weighted by atomic mass is 79.9. The second kappa shape index (κ2) is 10.3. The fourth-order valence-corrected chi connectivity index (χ4v) is 3.22. The molecule has 1 aromatic carbocycles. The summed E-state index contributed by atoms with van der Waals surface area (Å²) in [7, 11) is 0. The van der Waals surface area contributed by atoms with Crippen LogP contribution >= 0.6 is 40.7 Å². The number of benzene rings is 1. The van der Waals surface area contributed by atoms with Crippen molar-refractivity contribution < 1.29 is 5.11 Å². The Bertz CT molecular complexity index is 516. The first kappa shape index (κ1) is 21.5. The molecule has 0 amide bonds. The number of nitrogens with one attached hydrogen (secondary N) is 1. The van der Waals surface area contributed by atoms with Gasteiger partial charge in [-0.15, -0.1) is 24.8 Å². The molecule has 0 saturated carbocycles. The Morgan fingerprint density at radius 1 is 1.36 bits per heavy atom. The molecule has 0 unspecified atom stereocenters. The summed E-state index contributed by atoms with van der Waals surface area (Å²) < 4.78 is 0.600. The molecule has 1 aliphatic rings. The Morgan fingerprint density at radius 3 is 2.55 bits per heavy atom. The molecule has 0 aromatic heterocycles. The van der Waals surface area contributed by atoms with E-state index in [0.717, 1.165) is 44.6 Å². The average molecular weight is 411 g/mol. The van der Waals surface area contributed by atoms with Crippen LogP contribution in [0.1, 0.15) is 36.9 Å². The number of hydrogen-bond donors (Lipinski definition) is 2. The molecule has 22 heavy (non-hydrogen) atoms. The minimum atomic E-state index is 0. The predicted octanol–water partition coefficient (Wildman–Crippen LogP) is 3.62. The van der Waals surface area contributed by atoms with Crippen molar-refractivity contribution in [2.24, 2.45) is 0 Å². The number of nitrogens with zero attached hydrogens (tertiary/aromatic N) is 2. The molecule has 7 heteroatoms. The van der Waals surface area contributed by atoms with E-state index in [1.54, 1.807) is 6.07 Å². The number of hydrogen-bond acceptors (Lipinski definition) is 4. The van der Waals surface area contributed by atoms with Crippen LogP contribution in [0, 0.1) is 11.3 Å². The quantitative estimate of drug-likeness (QED) is 0.795. The van der Waals surface area contributed by atoms with Crippen LogP contribution < -0.4 is 5.32 Å². The van der Waals surface area contributed by atoms with Gasteiger partial charge in [0.1, 0.15) is 5.75 Å². The Labute approximate surface area is 152 Å². The monoisotopic (exact) mass is 409 g/mol. The van der Waals surface area contributed by atoms with Crippen molar-refractivity contribution in [2.75, 3.05) is 26.2 Å². The smallest absolute Gasteiger partial charge is 0.134 e. The van der Waals surface area contributed by atoms with Gasteiger partial charge < -0.3 is 10.4 Å². The zero-order chi connectivity index (χ0) is 14.5. The number of phenols is 1. The van der Waals surface area contributed by atoms with Crippen molar-refractivity contribution in [2.45, 2.75) is 25.8 Å². The topological polar surface area (TPSA) is 59.3 Å². The van der Waals surface area contributed by atoms with Gasteiger partial charge in [0.25, 0.3) is 0 Å². The Hall–Kier alpha value is -0.510. The number of aromatic hydroxyl groups is 1. The van der Waals surface area contributed by atoms with Crippen molar-refractivity contribution in [1.29, 1.82) is 5.26 Å². The zero-order valence-electron chi connectivity index (χ0n) is 12.5. The van der Waals surface area contributed by atoms with E-state index in [1.165, 1.54) is 0 Å². The van der Waals surface area contributed by atoms with Crippen LogP contribution in [0.4, 0.5) is 0 Å². The van der Waals surface area contributed by atoms with E-state index in [4.69, 9.17) is 5.26 Å². The Morgan fingerprint density at radius 2 is 2.00 bits per heavy atom.